The molecule has 0 spiro atoms. The lowest BCUT2D eigenvalue weighted by molar-refractivity contribution is 0.102. The van der Waals surface area contributed by atoms with Crippen molar-refractivity contribution in [3.8, 4) is 11.9 Å². The number of hydrogen-bond donors (Lipinski definition) is 1. The molecular formula is C14H10FN3O2. The Hall–Kier alpha value is -2.94. The molecule has 2 aromatic rings. The third-order valence-corrected chi connectivity index (χ3v) is 2.56. The lowest BCUT2D eigenvalue weighted by Gasteiger charge is -2.08. The summed E-state index contributed by atoms with van der Waals surface area (Å²) in [5.74, 6) is -1.07. The van der Waals surface area contributed by atoms with E-state index in [1.54, 1.807) is 6.07 Å². The van der Waals surface area contributed by atoms with Gasteiger partial charge >= 0.3 is 0 Å². The van der Waals surface area contributed by atoms with Crippen LogP contribution in [0.1, 0.15) is 15.9 Å². The number of carbonyl (C=O) groups is 1. The number of rotatable bonds is 3. The van der Waals surface area contributed by atoms with Crippen molar-refractivity contribution in [3.05, 3.63) is 53.5 Å². The highest BCUT2D eigenvalue weighted by Gasteiger charge is 2.14. The van der Waals surface area contributed by atoms with Gasteiger partial charge in [-0.25, -0.2) is 9.37 Å². The topological polar surface area (TPSA) is 75.0 Å². The van der Waals surface area contributed by atoms with E-state index in [2.05, 4.69) is 10.3 Å². The number of nitrogens with zero attached hydrogens (tertiary/aromatic N) is 2. The second kappa shape index (κ2) is 5.80. The van der Waals surface area contributed by atoms with Crippen molar-refractivity contribution in [2.75, 3.05) is 12.4 Å². The second-order valence-corrected chi connectivity index (χ2v) is 3.82. The van der Waals surface area contributed by atoms with Gasteiger partial charge in [-0.15, -0.1) is 0 Å². The lowest BCUT2D eigenvalue weighted by atomic mass is 10.2. The second-order valence-electron chi connectivity index (χ2n) is 3.82. The molecule has 0 aliphatic heterocycles. The maximum Gasteiger partial charge on any atom is 0.261 e. The van der Waals surface area contributed by atoms with Crippen molar-refractivity contribution in [3.63, 3.8) is 0 Å². The molecule has 2 rings (SSSR count). The van der Waals surface area contributed by atoms with E-state index in [0.29, 0.717) is 0 Å². The summed E-state index contributed by atoms with van der Waals surface area (Å²) in [5.41, 5.74) is 0.359. The monoisotopic (exact) mass is 271 g/mol. The van der Waals surface area contributed by atoms with Gasteiger partial charge in [0.25, 0.3) is 5.91 Å². The van der Waals surface area contributed by atoms with Crippen LogP contribution in [0.25, 0.3) is 0 Å². The van der Waals surface area contributed by atoms with Crippen LogP contribution in [-0.4, -0.2) is 18.0 Å². The number of nitrogens with one attached hydrogen (secondary N) is 1. The molecule has 0 fully saturated rings. The zero-order valence-electron chi connectivity index (χ0n) is 10.6. The number of carbonyl (C=O) groups excluding carboxylic acids is 1. The molecule has 0 unspecified atom stereocenters. The van der Waals surface area contributed by atoms with Gasteiger partial charge in [-0.1, -0.05) is 0 Å². The molecule has 1 heterocycles. The molecule has 0 radical (unpaired) electrons. The van der Waals surface area contributed by atoms with Crippen molar-refractivity contribution in [1.82, 2.24) is 4.98 Å². The first kappa shape index (κ1) is 13.5. The maximum absolute atomic E-state index is 13.7. The van der Waals surface area contributed by atoms with Crippen LogP contribution in [0.5, 0.6) is 5.88 Å². The van der Waals surface area contributed by atoms with Crippen molar-refractivity contribution in [2.24, 2.45) is 0 Å². The number of hydrogen-bond acceptors (Lipinski definition) is 4. The number of anilines is 1. The molecule has 1 aromatic carbocycles. The first-order valence-electron chi connectivity index (χ1n) is 5.65. The van der Waals surface area contributed by atoms with Gasteiger partial charge in [0.15, 0.2) is 0 Å². The smallest absolute Gasteiger partial charge is 0.261 e. The van der Waals surface area contributed by atoms with E-state index < -0.39 is 11.7 Å². The van der Waals surface area contributed by atoms with E-state index in [4.69, 9.17) is 10.00 Å². The summed E-state index contributed by atoms with van der Waals surface area (Å²) in [5, 5.41) is 11.1. The van der Waals surface area contributed by atoms with Crippen molar-refractivity contribution in [2.45, 2.75) is 0 Å². The fourth-order valence-electron chi connectivity index (χ4n) is 1.60. The Morgan fingerprint density at radius 1 is 1.45 bits per heavy atom. The molecule has 0 saturated heterocycles. The molecule has 0 bridgehead atoms. The quantitative estimate of drug-likeness (QED) is 0.929. The van der Waals surface area contributed by atoms with Crippen molar-refractivity contribution < 1.29 is 13.9 Å². The number of aromatic nitrogens is 1. The van der Waals surface area contributed by atoms with E-state index in [1.165, 1.54) is 31.5 Å². The standard InChI is InChI=1S/C14H10FN3O2/c1-20-14-10(3-2-6-17-14)13(19)18-12-5-4-9(8-16)7-11(12)15/h2-7H,1H3,(H,18,19). The van der Waals surface area contributed by atoms with Crippen LogP contribution in [0.3, 0.4) is 0 Å². The van der Waals surface area contributed by atoms with Crippen molar-refractivity contribution in [1.29, 1.82) is 5.26 Å². The summed E-state index contributed by atoms with van der Waals surface area (Å²) >= 11 is 0. The maximum atomic E-state index is 13.7. The summed E-state index contributed by atoms with van der Waals surface area (Å²) in [6, 6.07) is 8.70. The minimum Gasteiger partial charge on any atom is -0.480 e. The van der Waals surface area contributed by atoms with Gasteiger partial charge in [0.2, 0.25) is 5.88 Å². The van der Waals surface area contributed by atoms with Gasteiger partial charge in [-0.3, -0.25) is 4.79 Å². The molecule has 0 aliphatic rings. The zero-order chi connectivity index (χ0) is 14.5. The van der Waals surface area contributed by atoms with E-state index >= 15 is 0 Å². The van der Waals surface area contributed by atoms with Crippen LogP contribution in [0.15, 0.2) is 36.5 Å². The van der Waals surface area contributed by atoms with E-state index in [9.17, 15) is 9.18 Å². The Bertz CT molecular complexity index is 695. The number of amides is 1. The average Bonchev–Trinajstić information content (AvgIpc) is 2.49. The SMILES string of the molecule is COc1ncccc1C(=O)Nc1ccc(C#N)cc1F. The fourth-order valence-corrected chi connectivity index (χ4v) is 1.60. The Labute approximate surface area is 114 Å². The highest BCUT2D eigenvalue weighted by atomic mass is 19.1. The molecule has 5 nitrogen and oxygen atoms in total. The Kier molecular flexibility index (Phi) is 3.91. The third-order valence-electron chi connectivity index (χ3n) is 2.56. The van der Waals surface area contributed by atoms with Gasteiger partial charge in [0.1, 0.15) is 11.4 Å². The van der Waals surface area contributed by atoms with Crippen LogP contribution in [0.2, 0.25) is 0 Å². The molecule has 0 saturated carbocycles. The van der Waals surface area contributed by atoms with Gasteiger partial charge in [-0.2, -0.15) is 5.26 Å². The lowest BCUT2D eigenvalue weighted by Crippen LogP contribution is -2.14. The molecule has 1 amide bonds. The van der Waals surface area contributed by atoms with Gasteiger partial charge in [-0.05, 0) is 30.3 Å². The van der Waals surface area contributed by atoms with Crippen LogP contribution in [-0.2, 0) is 0 Å². The molecule has 1 N–H and O–H groups in total. The minimum atomic E-state index is -0.680. The van der Waals surface area contributed by atoms with Gasteiger partial charge < -0.3 is 10.1 Å². The number of halogens is 1. The highest BCUT2D eigenvalue weighted by molar-refractivity contribution is 6.05. The molecule has 0 atom stereocenters. The third kappa shape index (κ3) is 2.72. The minimum absolute atomic E-state index is 0.0140. The summed E-state index contributed by atoms with van der Waals surface area (Å²) in [6.45, 7) is 0. The summed E-state index contributed by atoms with van der Waals surface area (Å²) in [7, 11) is 1.39. The van der Waals surface area contributed by atoms with Crippen LogP contribution < -0.4 is 10.1 Å². The zero-order valence-corrected chi connectivity index (χ0v) is 10.6. The predicted molar refractivity (Wildman–Crippen MR) is 69.9 cm³/mol. The van der Waals surface area contributed by atoms with Crippen LogP contribution in [0, 0.1) is 17.1 Å². The van der Waals surface area contributed by atoms with Gasteiger partial charge in [0.05, 0.1) is 24.4 Å². The van der Waals surface area contributed by atoms with E-state index in [-0.39, 0.29) is 22.7 Å². The molecule has 20 heavy (non-hydrogen) atoms. The molecule has 6 heteroatoms. The van der Waals surface area contributed by atoms with Crippen LogP contribution >= 0.6 is 0 Å². The van der Waals surface area contributed by atoms with E-state index in [1.807, 2.05) is 6.07 Å². The number of ether oxygens (including phenoxy) is 1. The number of methoxy groups -OCH3 is 1. The predicted octanol–water partition coefficient (Wildman–Crippen LogP) is 2.35. The van der Waals surface area contributed by atoms with Gasteiger partial charge in [0, 0.05) is 6.20 Å². The number of pyridine rings is 1. The summed E-state index contributed by atoms with van der Waals surface area (Å²) in [6.07, 6.45) is 1.48. The van der Waals surface area contributed by atoms with Crippen LogP contribution in [0.4, 0.5) is 10.1 Å². The number of nitriles is 1. The van der Waals surface area contributed by atoms with E-state index in [0.717, 1.165) is 6.07 Å². The summed E-state index contributed by atoms with van der Waals surface area (Å²) in [4.78, 5) is 15.9. The Morgan fingerprint density at radius 3 is 2.90 bits per heavy atom. The largest absolute Gasteiger partial charge is 0.480 e. The molecule has 0 aliphatic carbocycles. The van der Waals surface area contributed by atoms with Crippen molar-refractivity contribution >= 4 is 11.6 Å². The average molecular weight is 271 g/mol. The summed E-state index contributed by atoms with van der Waals surface area (Å²) < 4.78 is 18.6. The highest BCUT2D eigenvalue weighted by Crippen LogP contribution is 2.19. The Balaban J connectivity index is 2.26. The molecule has 1 aromatic heterocycles. The molecular weight excluding hydrogens is 261 g/mol. The fraction of sp³-hybridized carbons (Fsp3) is 0.0714. The first-order valence-corrected chi connectivity index (χ1v) is 5.65. The normalized spacial score (nSPS) is 9.65. The molecule has 100 valence electrons. The number of benzene rings is 1. The Morgan fingerprint density at radius 2 is 2.25 bits per heavy atom. The first-order chi connectivity index (χ1) is 9.65.